The van der Waals surface area contributed by atoms with Crippen molar-refractivity contribution >= 4 is 23.4 Å². The predicted octanol–water partition coefficient (Wildman–Crippen LogP) is 2.19. The normalized spacial score (nSPS) is 18.8. The highest BCUT2D eigenvalue weighted by atomic mass is 32.2. The number of hydrogen-bond donors (Lipinski definition) is 0. The van der Waals surface area contributed by atoms with E-state index in [4.69, 9.17) is 4.74 Å². The van der Waals surface area contributed by atoms with Crippen LogP contribution < -0.4 is 15.2 Å². The average Bonchev–Trinajstić information content (AvgIpc) is 2.79. The number of fused-ring (bicyclic) bond motifs is 1. The molecule has 8 heteroatoms. The van der Waals surface area contributed by atoms with Crippen LogP contribution in [0.25, 0.3) is 0 Å². The van der Waals surface area contributed by atoms with Gasteiger partial charge in [-0.05, 0) is 25.5 Å². The van der Waals surface area contributed by atoms with E-state index in [2.05, 4.69) is 16.0 Å². The number of carbonyl (C=O) groups excluding carboxylic acids is 1. The fraction of sp³-hybridized carbons (Fsp3) is 0.500. The molecule has 1 atom stereocenters. The molecule has 2 aliphatic rings. The number of aromatic nitrogens is 2. The van der Waals surface area contributed by atoms with E-state index < -0.39 is 0 Å². The summed E-state index contributed by atoms with van der Waals surface area (Å²) in [5.74, 6) is 1.47. The molecule has 1 fully saturated rings. The van der Waals surface area contributed by atoms with Gasteiger partial charge in [0.05, 0.1) is 18.7 Å². The molecule has 3 heterocycles. The van der Waals surface area contributed by atoms with Crippen molar-refractivity contribution in [2.45, 2.75) is 32.0 Å². The summed E-state index contributed by atoms with van der Waals surface area (Å²) in [6.07, 6.45) is 0.659. The van der Waals surface area contributed by atoms with Gasteiger partial charge in [-0.3, -0.25) is 14.2 Å². The Morgan fingerprint density at radius 3 is 2.67 bits per heavy atom. The minimum atomic E-state index is -0.188. The molecule has 1 aromatic carbocycles. The largest absolute Gasteiger partial charge is 0.495 e. The Balaban J connectivity index is 1.44. The van der Waals surface area contributed by atoms with Crippen molar-refractivity contribution in [3.63, 3.8) is 0 Å². The van der Waals surface area contributed by atoms with E-state index >= 15 is 0 Å². The number of anilines is 1. The fourth-order valence-electron chi connectivity index (χ4n) is 4.27. The smallest absolute Gasteiger partial charge is 0.257 e. The summed E-state index contributed by atoms with van der Waals surface area (Å²) in [6, 6.07) is 7.98. The van der Waals surface area contributed by atoms with E-state index in [0.29, 0.717) is 31.8 Å². The van der Waals surface area contributed by atoms with Crippen molar-refractivity contribution in [3.8, 4) is 5.75 Å². The molecular weight excluding hydrogens is 400 g/mol. The molecule has 4 rings (SSSR count). The molecular formula is C22H28N4O3S. The third-order valence-electron chi connectivity index (χ3n) is 5.97. The summed E-state index contributed by atoms with van der Waals surface area (Å²) in [7, 11) is 1.68. The van der Waals surface area contributed by atoms with Crippen LogP contribution in [-0.2, 0) is 17.8 Å². The second-order valence-electron chi connectivity index (χ2n) is 7.72. The van der Waals surface area contributed by atoms with Gasteiger partial charge in [-0.1, -0.05) is 30.8 Å². The van der Waals surface area contributed by atoms with Gasteiger partial charge in [-0.25, -0.2) is 4.98 Å². The van der Waals surface area contributed by atoms with Crippen molar-refractivity contribution in [1.29, 1.82) is 0 Å². The molecule has 1 amide bonds. The molecule has 30 heavy (non-hydrogen) atoms. The second kappa shape index (κ2) is 8.71. The third kappa shape index (κ3) is 3.80. The molecule has 1 saturated heterocycles. The van der Waals surface area contributed by atoms with E-state index in [1.54, 1.807) is 11.7 Å². The summed E-state index contributed by atoms with van der Waals surface area (Å²) >= 11 is 1.52. The van der Waals surface area contributed by atoms with Crippen molar-refractivity contribution in [1.82, 2.24) is 14.5 Å². The number of amides is 1. The Bertz CT molecular complexity index is 998. The van der Waals surface area contributed by atoms with Crippen LogP contribution in [0.5, 0.6) is 5.75 Å². The molecule has 7 nitrogen and oxygen atoms in total. The van der Waals surface area contributed by atoms with E-state index in [1.165, 1.54) is 11.8 Å². The summed E-state index contributed by atoms with van der Waals surface area (Å²) in [4.78, 5) is 34.8. The zero-order valence-corrected chi connectivity index (χ0v) is 18.6. The molecule has 0 N–H and O–H groups in total. The molecule has 0 aliphatic carbocycles. The first-order valence-corrected chi connectivity index (χ1v) is 11.4. The monoisotopic (exact) mass is 428 g/mol. The van der Waals surface area contributed by atoms with E-state index in [9.17, 15) is 9.59 Å². The highest BCUT2D eigenvalue weighted by Crippen LogP contribution is 2.30. The number of methoxy groups -OCH3 is 1. The van der Waals surface area contributed by atoms with Crippen molar-refractivity contribution in [2.75, 3.05) is 43.9 Å². The summed E-state index contributed by atoms with van der Waals surface area (Å²) in [5.41, 5.74) is 2.62. The van der Waals surface area contributed by atoms with Gasteiger partial charge >= 0.3 is 0 Å². The lowest BCUT2D eigenvalue weighted by atomic mass is 10.1. The fourth-order valence-corrected chi connectivity index (χ4v) is 5.38. The number of benzene rings is 1. The van der Waals surface area contributed by atoms with Gasteiger partial charge in [0.25, 0.3) is 5.56 Å². The number of piperazine rings is 1. The first kappa shape index (κ1) is 20.8. The predicted molar refractivity (Wildman–Crippen MR) is 119 cm³/mol. The molecule has 0 radical (unpaired) electrons. The summed E-state index contributed by atoms with van der Waals surface area (Å²) in [6.45, 7) is 7.16. The lowest BCUT2D eigenvalue weighted by molar-refractivity contribution is -0.135. The van der Waals surface area contributed by atoms with Crippen LogP contribution in [0.2, 0.25) is 0 Å². The number of thioether (sulfide) groups is 1. The van der Waals surface area contributed by atoms with Crippen LogP contribution in [0.4, 0.5) is 5.69 Å². The van der Waals surface area contributed by atoms with Gasteiger partial charge in [0, 0.05) is 49.7 Å². The van der Waals surface area contributed by atoms with Crippen LogP contribution in [0.3, 0.4) is 0 Å². The Labute approximate surface area is 181 Å². The maximum absolute atomic E-state index is 13.2. The highest BCUT2D eigenvalue weighted by molar-refractivity contribution is 7.99. The van der Waals surface area contributed by atoms with Gasteiger partial charge in [0.1, 0.15) is 5.75 Å². The van der Waals surface area contributed by atoms with Crippen molar-refractivity contribution in [3.05, 3.63) is 45.9 Å². The maximum atomic E-state index is 13.2. The second-order valence-corrected chi connectivity index (χ2v) is 8.71. The van der Waals surface area contributed by atoms with Gasteiger partial charge < -0.3 is 14.5 Å². The van der Waals surface area contributed by atoms with Gasteiger partial charge in [0.2, 0.25) is 5.91 Å². The standard InChI is InChI=1S/C22H28N4O3S/c1-4-17-15(2)23-22-26(21(17)28)13-16(14-30-22)20(27)25-11-9-24(10-12-25)18-7-5-6-8-19(18)29-3/h5-8,16H,4,9-14H2,1-3H3. The zero-order valence-electron chi connectivity index (χ0n) is 17.8. The zero-order chi connectivity index (χ0) is 21.3. The Hall–Kier alpha value is -2.48. The first-order valence-electron chi connectivity index (χ1n) is 10.4. The number of rotatable bonds is 4. The average molecular weight is 429 g/mol. The number of aryl methyl sites for hydroxylation is 1. The Morgan fingerprint density at radius 2 is 1.97 bits per heavy atom. The molecule has 0 saturated carbocycles. The van der Waals surface area contributed by atoms with Crippen molar-refractivity contribution < 1.29 is 9.53 Å². The van der Waals surface area contributed by atoms with Crippen LogP contribution in [0.15, 0.2) is 34.2 Å². The van der Waals surface area contributed by atoms with Gasteiger partial charge in [-0.2, -0.15) is 0 Å². The minimum Gasteiger partial charge on any atom is -0.495 e. The first-order chi connectivity index (χ1) is 14.5. The lowest BCUT2D eigenvalue weighted by Crippen LogP contribution is -2.52. The molecule has 0 bridgehead atoms. The number of para-hydroxylation sites is 2. The van der Waals surface area contributed by atoms with Crippen LogP contribution >= 0.6 is 11.8 Å². The van der Waals surface area contributed by atoms with E-state index in [-0.39, 0.29) is 17.4 Å². The lowest BCUT2D eigenvalue weighted by Gasteiger charge is -2.38. The van der Waals surface area contributed by atoms with Gasteiger partial charge in [0.15, 0.2) is 5.16 Å². The molecule has 160 valence electrons. The van der Waals surface area contributed by atoms with Crippen LogP contribution in [0.1, 0.15) is 18.2 Å². The summed E-state index contributed by atoms with van der Waals surface area (Å²) in [5, 5.41) is 0.736. The van der Waals surface area contributed by atoms with E-state index in [1.807, 2.05) is 36.9 Å². The minimum absolute atomic E-state index is 0.00555. The maximum Gasteiger partial charge on any atom is 0.257 e. The quantitative estimate of drug-likeness (QED) is 0.696. The van der Waals surface area contributed by atoms with Gasteiger partial charge in [-0.15, -0.1) is 0 Å². The van der Waals surface area contributed by atoms with Crippen molar-refractivity contribution in [2.24, 2.45) is 5.92 Å². The Kier molecular flexibility index (Phi) is 6.04. The molecule has 1 unspecified atom stereocenters. The van der Waals surface area contributed by atoms with E-state index in [0.717, 1.165) is 40.9 Å². The number of carbonyl (C=O) groups is 1. The summed E-state index contributed by atoms with van der Waals surface area (Å²) < 4.78 is 7.18. The number of hydrogen-bond acceptors (Lipinski definition) is 6. The highest BCUT2D eigenvalue weighted by Gasteiger charge is 2.32. The number of ether oxygens (including phenoxy) is 1. The number of nitrogens with zero attached hydrogens (tertiary/aromatic N) is 4. The molecule has 2 aliphatic heterocycles. The molecule has 2 aromatic rings. The molecule has 0 spiro atoms. The van der Waals surface area contributed by atoms with Crippen LogP contribution in [0, 0.1) is 12.8 Å². The third-order valence-corrected chi connectivity index (χ3v) is 7.11. The SMILES string of the molecule is CCc1c(C)nc2n(c1=O)CC(C(=O)N1CCN(c3ccccc3OC)CC1)CS2. The Morgan fingerprint density at radius 1 is 1.23 bits per heavy atom. The molecule has 1 aromatic heterocycles. The topological polar surface area (TPSA) is 67.7 Å². The van der Waals surface area contributed by atoms with Crippen LogP contribution in [-0.4, -0.2) is 59.4 Å².